The molecule has 0 spiro atoms. The van der Waals surface area contributed by atoms with Crippen LogP contribution in [0.3, 0.4) is 0 Å². The van der Waals surface area contributed by atoms with Gasteiger partial charge in [-0.15, -0.1) is 0 Å². The topological polar surface area (TPSA) is 82.1 Å². The van der Waals surface area contributed by atoms with Crippen LogP contribution in [0.5, 0.6) is 0 Å². The number of esters is 2. The van der Waals surface area contributed by atoms with Crippen molar-refractivity contribution in [3.63, 3.8) is 0 Å². The normalized spacial score (nSPS) is 11.1. The van der Waals surface area contributed by atoms with Gasteiger partial charge in [-0.25, -0.2) is 4.79 Å². The van der Waals surface area contributed by atoms with Crippen LogP contribution in [0.1, 0.15) is 96.6 Å². The van der Waals surface area contributed by atoms with Crippen LogP contribution >= 0.6 is 0 Å². The molecule has 0 aliphatic heterocycles. The van der Waals surface area contributed by atoms with Crippen molar-refractivity contribution in [3.05, 3.63) is 35.4 Å². The summed E-state index contributed by atoms with van der Waals surface area (Å²) in [4.78, 5) is 37.3. The molecule has 1 rings (SSSR count). The highest BCUT2D eigenvalue weighted by Crippen LogP contribution is 2.17. The standard InChI is InChI=1S/C28H45NO6/c1-6-34-26(31)19-12-11-15-23-16-14-17-24(21-23)22-29(27(32)35-28(2,3)4)20-13-9-7-8-10-18-25(30)33-5/h14,16-17,21H,6-13,15,18-20,22H2,1-5H3. The molecule has 0 aliphatic carbocycles. The molecule has 7 heteroatoms. The lowest BCUT2D eigenvalue weighted by Gasteiger charge is -2.27. The number of unbranched alkanes of at least 4 members (excludes halogenated alkanes) is 5. The Balaban J connectivity index is 2.59. The van der Waals surface area contributed by atoms with Gasteiger partial charge in [-0.2, -0.15) is 0 Å². The Kier molecular flexibility index (Phi) is 14.8. The molecular formula is C28H45NO6. The highest BCUT2D eigenvalue weighted by molar-refractivity contribution is 5.69. The fourth-order valence-corrected chi connectivity index (χ4v) is 3.70. The van der Waals surface area contributed by atoms with Gasteiger partial charge in [0.05, 0.1) is 13.7 Å². The lowest BCUT2D eigenvalue weighted by Crippen LogP contribution is -2.37. The van der Waals surface area contributed by atoms with Crippen molar-refractivity contribution < 1.29 is 28.6 Å². The molecule has 0 saturated heterocycles. The first kappa shape index (κ1) is 30.5. The first-order valence-electron chi connectivity index (χ1n) is 12.9. The Morgan fingerprint density at radius 3 is 2.17 bits per heavy atom. The summed E-state index contributed by atoms with van der Waals surface area (Å²) >= 11 is 0. The van der Waals surface area contributed by atoms with Crippen molar-refractivity contribution in [1.82, 2.24) is 4.90 Å². The van der Waals surface area contributed by atoms with Crippen LogP contribution in [0.15, 0.2) is 24.3 Å². The summed E-state index contributed by atoms with van der Waals surface area (Å²) in [5.41, 5.74) is 1.71. The van der Waals surface area contributed by atoms with Crippen LogP contribution in [0.25, 0.3) is 0 Å². The number of rotatable bonds is 16. The fourth-order valence-electron chi connectivity index (χ4n) is 3.70. The predicted molar refractivity (Wildman–Crippen MR) is 137 cm³/mol. The number of carbonyl (C=O) groups is 3. The van der Waals surface area contributed by atoms with Gasteiger partial charge >= 0.3 is 18.0 Å². The van der Waals surface area contributed by atoms with Crippen LogP contribution < -0.4 is 0 Å². The van der Waals surface area contributed by atoms with Gasteiger partial charge in [0.15, 0.2) is 0 Å². The van der Waals surface area contributed by atoms with Crippen molar-refractivity contribution in [2.75, 3.05) is 20.3 Å². The quantitative estimate of drug-likeness (QED) is 0.155. The highest BCUT2D eigenvalue weighted by Gasteiger charge is 2.22. The van der Waals surface area contributed by atoms with Gasteiger partial charge in [-0.1, -0.05) is 43.5 Å². The molecule has 7 nitrogen and oxygen atoms in total. The van der Waals surface area contributed by atoms with Crippen molar-refractivity contribution in [2.45, 2.75) is 104 Å². The van der Waals surface area contributed by atoms with E-state index >= 15 is 0 Å². The second-order valence-corrected chi connectivity index (χ2v) is 9.83. The number of hydrogen-bond donors (Lipinski definition) is 0. The van der Waals surface area contributed by atoms with E-state index in [2.05, 4.69) is 16.9 Å². The Morgan fingerprint density at radius 2 is 1.49 bits per heavy atom. The number of benzene rings is 1. The molecule has 0 bridgehead atoms. The van der Waals surface area contributed by atoms with E-state index < -0.39 is 5.60 Å². The zero-order chi connectivity index (χ0) is 26.1. The van der Waals surface area contributed by atoms with E-state index in [0.29, 0.717) is 32.5 Å². The number of methoxy groups -OCH3 is 1. The highest BCUT2D eigenvalue weighted by atomic mass is 16.6. The van der Waals surface area contributed by atoms with Crippen molar-refractivity contribution >= 4 is 18.0 Å². The monoisotopic (exact) mass is 491 g/mol. The Labute approximate surface area is 211 Å². The van der Waals surface area contributed by atoms with E-state index in [-0.39, 0.29) is 18.0 Å². The number of ether oxygens (including phenoxy) is 3. The molecule has 35 heavy (non-hydrogen) atoms. The second-order valence-electron chi connectivity index (χ2n) is 9.83. The van der Waals surface area contributed by atoms with Crippen molar-refractivity contribution in [1.29, 1.82) is 0 Å². The third kappa shape index (κ3) is 15.1. The minimum absolute atomic E-state index is 0.141. The summed E-state index contributed by atoms with van der Waals surface area (Å²) in [7, 11) is 1.41. The number of amides is 1. The zero-order valence-electron chi connectivity index (χ0n) is 22.4. The molecule has 0 radical (unpaired) electrons. The minimum Gasteiger partial charge on any atom is -0.469 e. The lowest BCUT2D eigenvalue weighted by atomic mass is 10.0. The van der Waals surface area contributed by atoms with E-state index in [0.717, 1.165) is 56.9 Å². The van der Waals surface area contributed by atoms with Crippen molar-refractivity contribution in [2.24, 2.45) is 0 Å². The van der Waals surface area contributed by atoms with Gasteiger partial charge in [-0.05, 0) is 70.9 Å². The maximum atomic E-state index is 12.9. The van der Waals surface area contributed by atoms with Gasteiger partial charge in [-0.3, -0.25) is 9.59 Å². The molecular weight excluding hydrogens is 446 g/mol. The Bertz CT molecular complexity index is 771. The van der Waals surface area contributed by atoms with Gasteiger partial charge in [0, 0.05) is 25.9 Å². The molecule has 1 amide bonds. The fraction of sp³-hybridized carbons (Fsp3) is 0.679. The number of aryl methyl sites for hydroxylation is 1. The van der Waals surface area contributed by atoms with Crippen molar-refractivity contribution in [3.8, 4) is 0 Å². The van der Waals surface area contributed by atoms with Crippen LogP contribution in [0, 0.1) is 0 Å². The van der Waals surface area contributed by atoms with E-state index in [1.54, 1.807) is 4.90 Å². The average molecular weight is 492 g/mol. The summed E-state index contributed by atoms with van der Waals surface area (Å²) in [6.07, 6.45) is 7.87. The average Bonchev–Trinajstić information content (AvgIpc) is 2.79. The van der Waals surface area contributed by atoms with Crippen LogP contribution in [-0.4, -0.2) is 48.8 Å². The van der Waals surface area contributed by atoms with Gasteiger partial charge < -0.3 is 19.1 Å². The third-order valence-electron chi connectivity index (χ3n) is 5.45. The third-order valence-corrected chi connectivity index (χ3v) is 5.45. The molecule has 0 fully saturated rings. The SMILES string of the molecule is CCOC(=O)CCCCc1cccc(CN(CCCCCCCC(=O)OC)C(=O)OC(C)(C)C)c1. The number of nitrogens with zero attached hydrogens (tertiary/aromatic N) is 1. The van der Waals surface area contributed by atoms with E-state index in [4.69, 9.17) is 9.47 Å². The minimum atomic E-state index is -0.552. The van der Waals surface area contributed by atoms with Crippen LogP contribution in [0.4, 0.5) is 4.79 Å². The summed E-state index contributed by atoms with van der Waals surface area (Å²) < 4.78 is 15.3. The first-order chi connectivity index (χ1) is 16.6. The zero-order valence-corrected chi connectivity index (χ0v) is 22.4. The van der Waals surface area contributed by atoms with E-state index in [1.165, 1.54) is 12.7 Å². The molecule has 1 aromatic rings. The summed E-state index contributed by atoms with van der Waals surface area (Å²) in [6.45, 7) is 8.98. The number of carbonyl (C=O) groups excluding carboxylic acids is 3. The molecule has 0 saturated carbocycles. The second kappa shape index (κ2) is 17.0. The largest absolute Gasteiger partial charge is 0.469 e. The number of hydrogen-bond acceptors (Lipinski definition) is 6. The lowest BCUT2D eigenvalue weighted by molar-refractivity contribution is -0.143. The molecule has 0 aliphatic rings. The van der Waals surface area contributed by atoms with E-state index in [1.807, 2.05) is 39.8 Å². The molecule has 1 aromatic carbocycles. The molecule has 0 heterocycles. The van der Waals surface area contributed by atoms with Gasteiger partial charge in [0.25, 0.3) is 0 Å². The van der Waals surface area contributed by atoms with E-state index in [9.17, 15) is 14.4 Å². The molecule has 0 N–H and O–H groups in total. The molecule has 0 aromatic heterocycles. The molecule has 0 unspecified atom stereocenters. The van der Waals surface area contributed by atoms with Crippen LogP contribution in [0.2, 0.25) is 0 Å². The molecule has 0 atom stereocenters. The molecule has 198 valence electrons. The van der Waals surface area contributed by atoms with Gasteiger partial charge in [0.1, 0.15) is 5.60 Å². The Hall–Kier alpha value is -2.57. The van der Waals surface area contributed by atoms with Crippen LogP contribution in [-0.2, 0) is 36.8 Å². The maximum absolute atomic E-state index is 12.9. The van der Waals surface area contributed by atoms with Gasteiger partial charge in [0.2, 0.25) is 0 Å². The summed E-state index contributed by atoms with van der Waals surface area (Å²) in [5, 5.41) is 0. The summed E-state index contributed by atoms with van der Waals surface area (Å²) in [5.74, 6) is -0.306. The smallest absolute Gasteiger partial charge is 0.410 e. The Morgan fingerprint density at radius 1 is 0.857 bits per heavy atom. The summed E-state index contributed by atoms with van der Waals surface area (Å²) in [6, 6.07) is 8.27. The first-order valence-corrected chi connectivity index (χ1v) is 12.9. The predicted octanol–water partition coefficient (Wildman–Crippen LogP) is 6.21. The maximum Gasteiger partial charge on any atom is 0.410 e.